The van der Waals surface area contributed by atoms with Gasteiger partial charge in [0.2, 0.25) is 0 Å². The van der Waals surface area contributed by atoms with E-state index in [0.717, 1.165) is 39.6 Å². The zero-order valence-electron chi connectivity index (χ0n) is 41.9. The summed E-state index contributed by atoms with van der Waals surface area (Å²) < 4.78 is 4.94. The third kappa shape index (κ3) is 5.72. The molecule has 2 aliphatic carbocycles. The molecule has 15 rings (SSSR count). The van der Waals surface area contributed by atoms with E-state index in [4.69, 9.17) is 9.97 Å². The van der Waals surface area contributed by atoms with Crippen molar-refractivity contribution >= 4 is 21.8 Å². The second-order valence-electron chi connectivity index (χ2n) is 22.2. The van der Waals surface area contributed by atoms with Crippen LogP contribution in [0.3, 0.4) is 0 Å². The van der Waals surface area contributed by atoms with E-state index in [9.17, 15) is 0 Å². The summed E-state index contributed by atoms with van der Waals surface area (Å²) in [5.41, 5.74) is 20.6. The summed E-state index contributed by atoms with van der Waals surface area (Å²) in [6.07, 6.45) is 0. The highest BCUT2D eigenvalue weighted by molar-refractivity contribution is 6.13. The highest BCUT2D eigenvalue weighted by Crippen LogP contribution is 2.63. The summed E-state index contributed by atoms with van der Waals surface area (Å²) >= 11 is 0. The van der Waals surface area contributed by atoms with Crippen LogP contribution in [-0.2, 0) is 16.4 Å². The van der Waals surface area contributed by atoms with E-state index in [1.807, 2.05) is 0 Å². The molecule has 9 aromatic carbocycles. The molecule has 2 aromatic heterocycles. The SMILES string of the molecule is CC12c3ccccc3-c3cc4c(cc31)c1cc(ccc1n4-c1ccccc1)-c1cc3c(cc1-c1ccc(cc1)-c1nc(-c4ccccc4)nc(-c4ccc(-c5ccccc5)cc4)[n+]12)C(C)(C)C(C)(C)C3(C)C. The van der Waals surface area contributed by atoms with Crippen molar-refractivity contribution in [2.45, 2.75) is 64.8 Å². The van der Waals surface area contributed by atoms with Gasteiger partial charge < -0.3 is 4.57 Å². The number of para-hydroxylation sites is 1. The molecule has 0 N–H and O–H groups in total. The van der Waals surface area contributed by atoms with Crippen LogP contribution >= 0.6 is 0 Å². The van der Waals surface area contributed by atoms with E-state index in [1.54, 1.807) is 0 Å². The molecule has 2 aliphatic heterocycles. The van der Waals surface area contributed by atoms with Crippen molar-refractivity contribution in [3.8, 4) is 84.4 Å². The van der Waals surface area contributed by atoms with Crippen molar-refractivity contribution in [1.29, 1.82) is 0 Å². The van der Waals surface area contributed by atoms with Gasteiger partial charge in [-0.2, -0.15) is 0 Å². The van der Waals surface area contributed by atoms with Gasteiger partial charge in [-0.1, -0.05) is 173 Å². The molecule has 4 heteroatoms. The Kier molecular flexibility index (Phi) is 8.83. The Morgan fingerprint density at radius 3 is 1.46 bits per heavy atom. The van der Waals surface area contributed by atoms with Crippen LogP contribution in [0.25, 0.3) is 106 Å². The number of benzene rings is 9. The first-order valence-corrected chi connectivity index (χ1v) is 25.5. The first-order chi connectivity index (χ1) is 34.8. The summed E-state index contributed by atoms with van der Waals surface area (Å²) in [5.74, 6) is 2.38. The lowest BCUT2D eigenvalue weighted by Gasteiger charge is -2.44. The average Bonchev–Trinajstić information content (AvgIpc) is 3.91. The fourth-order valence-electron chi connectivity index (χ4n) is 13.0. The predicted molar refractivity (Wildman–Crippen MR) is 296 cm³/mol. The normalized spacial score (nSPS) is 17.2. The Morgan fingerprint density at radius 1 is 0.347 bits per heavy atom. The number of nitrogens with zero attached hydrogens (tertiary/aromatic N) is 4. The Hall–Kier alpha value is -8.21. The molecule has 6 bridgehead atoms. The molecule has 0 amide bonds. The molecule has 0 saturated heterocycles. The van der Waals surface area contributed by atoms with Gasteiger partial charge in [0, 0.05) is 27.6 Å². The van der Waals surface area contributed by atoms with E-state index >= 15 is 0 Å². The topological polar surface area (TPSA) is 34.6 Å². The molecule has 346 valence electrons. The highest BCUT2D eigenvalue weighted by Gasteiger charge is 2.57. The van der Waals surface area contributed by atoms with Gasteiger partial charge in [0.15, 0.2) is 0 Å². The number of aromatic nitrogens is 4. The van der Waals surface area contributed by atoms with Crippen LogP contribution in [0.1, 0.15) is 70.7 Å². The summed E-state index contributed by atoms with van der Waals surface area (Å²) in [7, 11) is 0. The Morgan fingerprint density at radius 2 is 0.833 bits per heavy atom. The lowest BCUT2D eigenvalue weighted by Crippen LogP contribution is -2.58. The minimum atomic E-state index is -0.760. The predicted octanol–water partition coefficient (Wildman–Crippen LogP) is 16.6. The van der Waals surface area contributed by atoms with E-state index in [2.05, 4.69) is 264 Å². The maximum absolute atomic E-state index is 5.72. The highest BCUT2D eigenvalue weighted by atomic mass is 15.2. The molecular formula is C68H55N4+. The third-order valence-electron chi connectivity index (χ3n) is 18.2. The molecule has 1 unspecified atom stereocenters. The summed E-state index contributed by atoms with van der Waals surface area (Å²) in [4.78, 5) is 11.4. The monoisotopic (exact) mass is 927 g/mol. The lowest BCUT2D eigenvalue weighted by molar-refractivity contribution is -0.724. The number of rotatable bonds is 4. The fourth-order valence-corrected chi connectivity index (χ4v) is 13.0. The van der Waals surface area contributed by atoms with Crippen LogP contribution in [0, 0.1) is 5.41 Å². The Balaban J connectivity index is 1.15. The second-order valence-corrected chi connectivity index (χ2v) is 22.2. The van der Waals surface area contributed by atoms with E-state index in [0.29, 0.717) is 5.82 Å². The molecule has 0 spiro atoms. The molecule has 1 atom stereocenters. The van der Waals surface area contributed by atoms with Gasteiger partial charge in [-0.05, 0) is 164 Å². The van der Waals surface area contributed by atoms with Gasteiger partial charge >= 0.3 is 5.82 Å². The first-order valence-electron chi connectivity index (χ1n) is 25.5. The van der Waals surface area contributed by atoms with E-state index < -0.39 is 5.54 Å². The van der Waals surface area contributed by atoms with Crippen molar-refractivity contribution in [3.05, 3.63) is 229 Å². The van der Waals surface area contributed by atoms with Crippen LogP contribution in [-0.4, -0.2) is 14.5 Å². The van der Waals surface area contributed by atoms with Crippen molar-refractivity contribution in [2.75, 3.05) is 0 Å². The van der Waals surface area contributed by atoms with Gasteiger partial charge in [-0.15, -0.1) is 0 Å². The van der Waals surface area contributed by atoms with Crippen LogP contribution < -0.4 is 4.57 Å². The summed E-state index contributed by atoms with van der Waals surface area (Å²) in [5, 5.41) is 2.44. The van der Waals surface area contributed by atoms with Crippen molar-refractivity contribution in [2.24, 2.45) is 5.41 Å². The van der Waals surface area contributed by atoms with E-state index in [-0.39, 0.29) is 16.2 Å². The van der Waals surface area contributed by atoms with Gasteiger partial charge in [-0.3, -0.25) is 0 Å². The summed E-state index contributed by atoms with van der Waals surface area (Å²) in [6.45, 7) is 17.1. The standard InChI is InChI=1S/C68H55N4/c1-65(2)58-38-51-44-29-33-47(34-30-44)64-70-62(45-21-13-9-14-22-45)69-63(46-31-27-43(28-32-46)42-19-11-8-12-20-42)72(64)68(7)56-26-18-17-25-50(56)53-41-61-55(40-57(53)68)54-37-48(52(51)39-59(58)66(3,4)67(65,5)6)35-36-60(54)71(61)49-23-15-10-16-24-49/h8-41H,1-7H3/q+1. The average molecular weight is 928 g/mol. The van der Waals surface area contributed by atoms with Gasteiger partial charge in [0.1, 0.15) is 5.54 Å². The quantitative estimate of drug-likeness (QED) is 0.165. The zero-order chi connectivity index (χ0) is 48.9. The minimum absolute atomic E-state index is 0.00737. The lowest BCUT2D eigenvalue weighted by atomic mass is 9.59. The Labute approximate surface area is 422 Å². The van der Waals surface area contributed by atoms with Gasteiger partial charge in [0.05, 0.1) is 27.7 Å². The molecule has 0 fully saturated rings. The first kappa shape index (κ1) is 42.7. The Bertz CT molecular complexity index is 4030. The molecule has 72 heavy (non-hydrogen) atoms. The van der Waals surface area contributed by atoms with Crippen LogP contribution in [0.5, 0.6) is 0 Å². The van der Waals surface area contributed by atoms with Crippen LogP contribution in [0.2, 0.25) is 0 Å². The maximum Gasteiger partial charge on any atom is 0.308 e. The minimum Gasteiger partial charge on any atom is -0.309 e. The van der Waals surface area contributed by atoms with Crippen molar-refractivity contribution in [3.63, 3.8) is 0 Å². The third-order valence-corrected chi connectivity index (χ3v) is 18.2. The smallest absolute Gasteiger partial charge is 0.308 e. The molecule has 0 saturated carbocycles. The van der Waals surface area contributed by atoms with Crippen molar-refractivity contribution < 1.29 is 4.57 Å². The molecule has 4 nitrogen and oxygen atoms in total. The van der Waals surface area contributed by atoms with Gasteiger partial charge in [0.25, 0.3) is 11.6 Å². The largest absolute Gasteiger partial charge is 0.309 e. The fraction of sp³-hybridized carbons (Fsp3) is 0.162. The number of fused-ring (bicyclic) bond motifs is 5. The van der Waals surface area contributed by atoms with E-state index in [1.165, 1.54) is 83.0 Å². The molecule has 4 heterocycles. The number of hydrogen-bond donors (Lipinski definition) is 0. The second kappa shape index (κ2) is 14.9. The van der Waals surface area contributed by atoms with Crippen LogP contribution in [0.4, 0.5) is 0 Å². The molecule has 11 aromatic rings. The summed E-state index contributed by atoms with van der Waals surface area (Å²) in [6, 6.07) is 76.5. The van der Waals surface area contributed by atoms with Crippen LogP contribution in [0.15, 0.2) is 206 Å². The molecule has 4 aliphatic rings. The zero-order valence-corrected chi connectivity index (χ0v) is 41.9. The van der Waals surface area contributed by atoms with Gasteiger partial charge in [-0.25, -0.2) is 4.57 Å². The molecule has 0 radical (unpaired) electrons. The molecular weight excluding hydrogens is 873 g/mol. The number of hydrogen-bond acceptors (Lipinski definition) is 2. The van der Waals surface area contributed by atoms with Crippen molar-refractivity contribution in [1.82, 2.24) is 14.5 Å². The maximum atomic E-state index is 5.72.